The highest BCUT2D eigenvalue weighted by Crippen LogP contribution is 2.30. The van der Waals surface area contributed by atoms with Crippen LogP contribution in [0.4, 0.5) is 11.4 Å². The van der Waals surface area contributed by atoms with Gasteiger partial charge in [-0.3, -0.25) is 0 Å². The average molecular weight is 280 g/mol. The van der Waals surface area contributed by atoms with Crippen molar-refractivity contribution in [3.8, 4) is 0 Å². The maximum Gasteiger partial charge on any atom is 0.0602 e. The van der Waals surface area contributed by atoms with Crippen molar-refractivity contribution in [1.82, 2.24) is 0 Å². The van der Waals surface area contributed by atoms with Crippen molar-refractivity contribution in [2.75, 3.05) is 23.3 Å². The lowest BCUT2D eigenvalue weighted by molar-refractivity contribution is 0.578. The molecule has 0 aliphatic carbocycles. The topological polar surface area (TPSA) is 15.3 Å². The van der Waals surface area contributed by atoms with Crippen LogP contribution < -0.4 is 10.2 Å². The summed E-state index contributed by atoms with van der Waals surface area (Å²) in [5.74, 6) is 0. The van der Waals surface area contributed by atoms with Gasteiger partial charge in [0.1, 0.15) is 0 Å². The lowest BCUT2D eigenvalue weighted by Gasteiger charge is -2.31. The molecule has 21 heavy (non-hydrogen) atoms. The van der Waals surface area contributed by atoms with E-state index in [4.69, 9.17) is 0 Å². The molecule has 1 atom stereocenters. The molecule has 1 fully saturated rings. The number of hydrogen-bond acceptors (Lipinski definition) is 2. The third kappa shape index (κ3) is 3.38. The van der Waals surface area contributed by atoms with Gasteiger partial charge in [-0.05, 0) is 43.9 Å². The van der Waals surface area contributed by atoms with E-state index in [1.807, 2.05) is 0 Å². The van der Waals surface area contributed by atoms with Gasteiger partial charge in [-0.15, -0.1) is 0 Å². The SMILES string of the molecule is CC(Nc1ccccc1N1CCCCC1)c1ccccc1. The highest BCUT2D eigenvalue weighted by atomic mass is 15.1. The van der Waals surface area contributed by atoms with Crippen LogP contribution in [0, 0.1) is 0 Å². The Morgan fingerprint density at radius 1 is 0.857 bits per heavy atom. The van der Waals surface area contributed by atoms with Crippen molar-refractivity contribution >= 4 is 11.4 Å². The van der Waals surface area contributed by atoms with Gasteiger partial charge < -0.3 is 10.2 Å². The van der Waals surface area contributed by atoms with E-state index in [0.717, 1.165) is 0 Å². The van der Waals surface area contributed by atoms with Crippen molar-refractivity contribution < 1.29 is 0 Å². The fourth-order valence-electron chi connectivity index (χ4n) is 3.06. The Kier molecular flexibility index (Phi) is 4.44. The summed E-state index contributed by atoms with van der Waals surface area (Å²) in [5, 5.41) is 3.68. The van der Waals surface area contributed by atoms with Crippen molar-refractivity contribution in [1.29, 1.82) is 0 Å². The number of hydrogen-bond donors (Lipinski definition) is 1. The molecule has 0 spiro atoms. The van der Waals surface area contributed by atoms with E-state index in [0.29, 0.717) is 6.04 Å². The lowest BCUT2D eigenvalue weighted by Crippen LogP contribution is -2.30. The number of anilines is 2. The van der Waals surface area contributed by atoms with Gasteiger partial charge in [-0.1, -0.05) is 42.5 Å². The standard InChI is InChI=1S/C19H24N2/c1-16(17-10-4-2-5-11-17)20-18-12-6-7-13-19(18)21-14-8-3-9-15-21/h2,4-7,10-13,16,20H,3,8-9,14-15H2,1H3. The zero-order valence-electron chi connectivity index (χ0n) is 12.8. The van der Waals surface area contributed by atoms with Crippen molar-refractivity contribution in [3.05, 3.63) is 60.2 Å². The molecule has 1 unspecified atom stereocenters. The van der Waals surface area contributed by atoms with Crippen molar-refractivity contribution in [2.24, 2.45) is 0 Å². The summed E-state index contributed by atoms with van der Waals surface area (Å²) in [5.41, 5.74) is 3.92. The second-order valence-corrected chi connectivity index (χ2v) is 5.84. The third-order valence-electron chi connectivity index (χ3n) is 4.27. The van der Waals surface area contributed by atoms with E-state index in [2.05, 4.69) is 71.7 Å². The molecule has 0 radical (unpaired) electrons. The molecule has 110 valence electrons. The zero-order valence-corrected chi connectivity index (χ0v) is 12.8. The number of rotatable bonds is 4. The maximum atomic E-state index is 3.68. The first kappa shape index (κ1) is 14.0. The fraction of sp³-hybridized carbons (Fsp3) is 0.368. The predicted octanol–water partition coefficient (Wildman–Crippen LogP) is 4.85. The normalized spacial score (nSPS) is 16.5. The first-order valence-corrected chi connectivity index (χ1v) is 8.00. The molecule has 2 aromatic rings. The first-order valence-electron chi connectivity index (χ1n) is 8.00. The molecule has 1 N–H and O–H groups in total. The largest absolute Gasteiger partial charge is 0.377 e. The summed E-state index contributed by atoms with van der Waals surface area (Å²) in [4.78, 5) is 2.52. The summed E-state index contributed by atoms with van der Waals surface area (Å²) >= 11 is 0. The van der Waals surface area contributed by atoms with Crippen LogP contribution in [0.2, 0.25) is 0 Å². The van der Waals surface area contributed by atoms with Crippen LogP contribution in [0.5, 0.6) is 0 Å². The van der Waals surface area contributed by atoms with Gasteiger partial charge in [0.25, 0.3) is 0 Å². The molecule has 2 nitrogen and oxygen atoms in total. The van der Waals surface area contributed by atoms with Crippen molar-refractivity contribution in [2.45, 2.75) is 32.2 Å². The molecule has 0 aromatic heterocycles. The molecular weight excluding hydrogens is 256 g/mol. The first-order chi connectivity index (χ1) is 10.3. The minimum Gasteiger partial charge on any atom is -0.377 e. The number of benzene rings is 2. The Labute approximate surface area is 127 Å². The quantitative estimate of drug-likeness (QED) is 0.861. The van der Waals surface area contributed by atoms with Crippen molar-refractivity contribution in [3.63, 3.8) is 0 Å². The molecule has 2 aromatic carbocycles. The molecule has 1 aliphatic heterocycles. The van der Waals surface area contributed by atoms with Gasteiger partial charge in [-0.2, -0.15) is 0 Å². The lowest BCUT2D eigenvalue weighted by atomic mass is 10.1. The minimum atomic E-state index is 0.317. The zero-order chi connectivity index (χ0) is 14.5. The monoisotopic (exact) mass is 280 g/mol. The summed E-state index contributed by atoms with van der Waals surface area (Å²) in [7, 11) is 0. The molecular formula is C19H24N2. The third-order valence-corrected chi connectivity index (χ3v) is 4.27. The number of piperidine rings is 1. The van der Waals surface area contributed by atoms with Gasteiger partial charge in [0.15, 0.2) is 0 Å². The number of nitrogens with zero attached hydrogens (tertiary/aromatic N) is 1. The summed E-state index contributed by atoms with van der Waals surface area (Å²) in [6, 6.07) is 19.6. The molecule has 0 saturated carbocycles. The molecule has 1 saturated heterocycles. The maximum absolute atomic E-state index is 3.68. The Morgan fingerprint density at radius 3 is 2.29 bits per heavy atom. The van der Waals surface area contributed by atoms with Crippen LogP contribution >= 0.6 is 0 Å². The smallest absolute Gasteiger partial charge is 0.0602 e. The summed E-state index contributed by atoms with van der Waals surface area (Å²) < 4.78 is 0. The molecule has 1 heterocycles. The van der Waals surface area contributed by atoms with E-state index < -0.39 is 0 Å². The van der Waals surface area contributed by atoms with Crippen LogP contribution in [0.25, 0.3) is 0 Å². The van der Waals surface area contributed by atoms with E-state index in [9.17, 15) is 0 Å². The Morgan fingerprint density at radius 2 is 1.52 bits per heavy atom. The molecule has 0 amide bonds. The Balaban J connectivity index is 1.79. The average Bonchev–Trinajstić information content (AvgIpc) is 2.57. The van der Waals surface area contributed by atoms with Gasteiger partial charge in [-0.25, -0.2) is 0 Å². The molecule has 1 aliphatic rings. The van der Waals surface area contributed by atoms with Gasteiger partial charge in [0.2, 0.25) is 0 Å². The van der Waals surface area contributed by atoms with Crippen LogP contribution in [-0.4, -0.2) is 13.1 Å². The minimum absolute atomic E-state index is 0.317. The van der Waals surface area contributed by atoms with Gasteiger partial charge >= 0.3 is 0 Å². The Bertz CT molecular complexity index is 559. The van der Waals surface area contributed by atoms with E-state index in [-0.39, 0.29) is 0 Å². The van der Waals surface area contributed by atoms with Crippen LogP contribution in [0.1, 0.15) is 37.8 Å². The van der Waals surface area contributed by atoms with Gasteiger partial charge in [0.05, 0.1) is 11.4 Å². The molecule has 3 rings (SSSR count). The van der Waals surface area contributed by atoms with Gasteiger partial charge in [0, 0.05) is 19.1 Å². The second kappa shape index (κ2) is 6.66. The summed E-state index contributed by atoms with van der Waals surface area (Å²) in [6.45, 7) is 4.58. The van der Waals surface area contributed by atoms with Crippen LogP contribution in [0.15, 0.2) is 54.6 Å². The Hall–Kier alpha value is -1.96. The second-order valence-electron chi connectivity index (χ2n) is 5.84. The predicted molar refractivity (Wildman–Crippen MR) is 91.0 cm³/mol. The van der Waals surface area contributed by atoms with E-state index in [1.165, 1.54) is 49.3 Å². The molecule has 0 bridgehead atoms. The highest BCUT2D eigenvalue weighted by Gasteiger charge is 2.15. The molecule has 2 heteroatoms. The number of nitrogens with one attached hydrogen (secondary N) is 1. The van der Waals surface area contributed by atoms with Crippen LogP contribution in [-0.2, 0) is 0 Å². The number of para-hydroxylation sites is 2. The summed E-state index contributed by atoms with van der Waals surface area (Å²) in [6.07, 6.45) is 3.98. The van der Waals surface area contributed by atoms with E-state index in [1.54, 1.807) is 0 Å². The fourth-order valence-corrected chi connectivity index (χ4v) is 3.06. The van der Waals surface area contributed by atoms with E-state index >= 15 is 0 Å². The van der Waals surface area contributed by atoms with Crippen LogP contribution in [0.3, 0.4) is 0 Å². The highest BCUT2D eigenvalue weighted by molar-refractivity contribution is 5.70.